The van der Waals surface area contributed by atoms with Crippen LogP contribution in [-0.4, -0.2) is 48.0 Å². The number of carbonyl (C=O) groups is 3. The molecule has 1 heterocycles. The average Bonchev–Trinajstić information content (AvgIpc) is 2.89. The number of hydrogen-bond acceptors (Lipinski definition) is 4. The van der Waals surface area contributed by atoms with Gasteiger partial charge in [-0.3, -0.25) is 14.4 Å². The third-order valence-electron chi connectivity index (χ3n) is 5.86. The molecule has 154 valence electrons. The van der Waals surface area contributed by atoms with Crippen LogP contribution in [0.2, 0.25) is 0 Å². The summed E-state index contributed by atoms with van der Waals surface area (Å²) in [6.07, 6.45) is 4.92. The van der Waals surface area contributed by atoms with Crippen LogP contribution in [0.5, 0.6) is 0 Å². The number of amides is 1. The zero-order valence-corrected chi connectivity index (χ0v) is 17.4. The number of rotatable bonds is 10. The van der Waals surface area contributed by atoms with Gasteiger partial charge in [-0.15, -0.1) is 0 Å². The summed E-state index contributed by atoms with van der Waals surface area (Å²) in [4.78, 5) is 39.7. The fourth-order valence-corrected chi connectivity index (χ4v) is 3.79. The predicted octanol–water partition coefficient (Wildman–Crippen LogP) is 3.16. The molecular weight excluding hydrogens is 352 g/mol. The van der Waals surface area contributed by atoms with E-state index in [1.165, 1.54) is 5.56 Å². The van der Waals surface area contributed by atoms with Crippen LogP contribution < -0.4 is 5.32 Å². The monoisotopic (exact) mass is 386 g/mol. The minimum Gasteiger partial charge on any atom is -0.333 e. The molecule has 0 saturated carbocycles. The smallest absolute Gasteiger partial charge is 0.226 e. The fraction of sp³-hybridized carbons (Fsp3) is 0.609. The normalized spacial score (nSPS) is 19.8. The van der Waals surface area contributed by atoms with Crippen molar-refractivity contribution in [3.05, 3.63) is 35.9 Å². The maximum absolute atomic E-state index is 13.0. The third-order valence-corrected chi connectivity index (χ3v) is 5.86. The number of likely N-dealkylation sites (tertiary alicyclic amines) is 1. The van der Waals surface area contributed by atoms with Gasteiger partial charge >= 0.3 is 0 Å². The molecule has 0 aromatic heterocycles. The number of benzene rings is 1. The summed E-state index contributed by atoms with van der Waals surface area (Å²) in [6, 6.07) is 9.47. The third kappa shape index (κ3) is 6.26. The van der Waals surface area contributed by atoms with Crippen molar-refractivity contribution in [1.29, 1.82) is 0 Å². The molecule has 1 amide bonds. The van der Waals surface area contributed by atoms with E-state index in [1.54, 1.807) is 11.9 Å². The van der Waals surface area contributed by atoms with Crippen molar-refractivity contribution in [3.63, 3.8) is 0 Å². The van der Waals surface area contributed by atoms with E-state index in [9.17, 15) is 14.4 Å². The van der Waals surface area contributed by atoms with Gasteiger partial charge in [-0.25, -0.2) is 0 Å². The van der Waals surface area contributed by atoms with Crippen molar-refractivity contribution in [1.82, 2.24) is 10.2 Å². The maximum atomic E-state index is 13.0. The molecule has 0 aliphatic carbocycles. The number of aryl methyl sites for hydroxylation is 1. The number of carbonyl (C=O) groups excluding carboxylic acids is 3. The second-order valence-corrected chi connectivity index (χ2v) is 7.89. The van der Waals surface area contributed by atoms with Crippen LogP contribution >= 0.6 is 0 Å². The van der Waals surface area contributed by atoms with Crippen LogP contribution in [0.3, 0.4) is 0 Å². The minimum atomic E-state index is -0.416. The average molecular weight is 387 g/mol. The van der Waals surface area contributed by atoms with Gasteiger partial charge in [0.2, 0.25) is 5.91 Å². The highest BCUT2D eigenvalue weighted by Gasteiger charge is 2.33. The lowest BCUT2D eigenvalue weighted by Crippen LogP contribution is -2.46. The number of Topliss-reactive ketones (excluding diaryl/α,β-unsaturated/α-hetero) is 2. The Kier molecular flexibility index (Phi) is 8.84. The standard InChI is InChI=1S/C23H34N2O3/c1-17(24-3)22(27)16-20-13-7-8-15-25(23(20)28)18(2)21(26)14-9-12-19-10-5-4-6-11-19/h4-6,10-11,17-18,20,24H,7-9,12-16H2,1-3H3/t17-,18?,20+/m0/s1. The Balaban J connectivity index is 1.92. The van der Waals surface area contributed by atoms with Gasteiger partial charge in [-0.2, -0.15) is 0 Å². The van der Waals surface area contributed by atoms with Crippen molar-refractivity contribution in [2.75, 3.05) is 13.6 Å². The topological polar surface area (TPSA) is 66.5 Å². The van der Waals surface area contributed by atoms with E-state index in [0.29, 0.717) is 13.0 Å². The Morgan fingerprint density at radius 2 is 1.86 bits per heavy atom. The van der Waals surface area contributed by atoms with E-state index in [2.05, 4.69) is 17.4 Å². The summed E-state index contributed by atoms with van der Waals surface area (Å²) in [5, 5.41) is 2.95. The molecule has 5 heteroatoms. The van der Waals surface area contributed by atoms with E-state index in [4.69, 9.17) is 0 Å². The van der Waals surface area contributed by atoms with Gasteiger partial charge in [0.25, 0.3) is 0 Å². The van der Waals surface area contributed by atoms with Crippen LogP contribution in [0.1, 0.15) is 57.9 Å². The number of ketones is 2. The molecule has 5 nitrogen and oxygen atoms in total. The SMILES string of the molecule is CN[C@@H](C)C(=O)C[C@H]1CCCCN(C(C)C(=O)CCCc2ccccc2)C1=O. The van der Waals surface area contributed by atoms with Gasteiger partial charge in [0.1, 0.15) is 5.78 Å². The molecule has 1 aliphatic heterocycles. The van der Waals surface area contributed by atoms with Crippen LogP contribution in [0.4, 0.5) is 0 Å². The lowest BCUT2D eigenvalue weighted by Gasteiger charge is -2.29. The van der Waals surface area contributed by atoms with Crippen LogP contribution in [0.15, 0.2) is 30.3 Å². The Morgan fingerprint density at radius 1 is 1.14 bits per heavy atom. The van der Waals surface area contributed by atoms with Crippen molar-refractivity contribution in [3.8, 4) is 0 Å². The fourth-order valence-electron chi connectivity index (χ4n) is 3.79. The highest BCUT2D eigenvalue weighted by atomic mass is 16.2. The number of nitrogens with zero attached hydrogens (tertiary/aromatic N) is 1. The molecule has 1 unspecified atom stereocenters. The summed E-state index contributed by atoms with van der Waals surface area (Å²) in [5.41, 5.74) is 1.23. The van der Waals surface area contributed by atoms with Gasteiger partial charge in [0.15, 0.2) is 5.78 Å². The van der Waals surface area contributed by atoms with Crippen LogP contribution in [0, 0.1) is 5.92 Å². The Bertz CT molecular complexity index is 659. The van der Waals surface area contributed by atoms with Gasteiger partial charge < -0.3 is 10.2 Å². The first-order valence-corrected chi connectivity index (χ1v) is 10.5. The van der Waals surface area contributed by atoms with Crippen LogP contribution in [-0.2, 0) is 20.8 Å². The number of likely N-dealkylation sites (N-methyl/N-ethyl adjacent to an activating group) is 1. The second-order valence-electron chi connectivity index (χ2n) is 7.89. The predicted molar refractivity (Wildman–Crippen MR) is 111 cm³/mol. The molecule has 0 spiro atoms. The highest BCUT2D eigenvalue weighted by molar-refractivity contribution is 5.92. The molecule has 1 fully saturated rings. The minimum absolute atomic E-state index is 0.0296. The first kappa shape index (κ1) is 22.3. The zero-order valence-electron chi connectivity index (χ0n) is 17.4. The first-order chi connectivity index (χ1) is 13.4. The summed E-state index contributed by atoms with van der Waals surface area (Å²) in [6.45, 7) is 4.26. The van der Waals surface area contributed by atoms with E-state index in [0.717, 1.165) is 32.1 Å². The largest absolute Gasteiger partial charge is 0.333 e. The highest BCUT2D eigenvalue weighted by Crippen LogP contribution is 2.24. The van der Waals surface area contributed by atoms with Crippen molar-refractivity contribution in [2.45, 2.75) is 70.9 Å². The molecule has 1 aliphatic rings. The summed E-state index contributed by atoms with van der Waals surface area (Å²) in [7, 11) is 1.75. The molecule has 0 bridgehead atoms. The number of hydrogen-bond donors (Lipinski definition) is 1. The van der Waals surface area contributed by atoms with E-state index in [-0.39, 0.29) is 35.9 Å². The molecule has 1 N–H and O–H groups in total. The van der Waals surface area contributed by atoms with Gasteiger partial charge in [0.05, 0.1) is 12.1 Å². The lowest BCUT2D eigenvalue weighted by molar-refractivity contribution is -0.143. The van der Waals surface area contributed by atoms with Gasteiger partial charge in [-0.05, 0) is 52.1 Å². The maximum Gasteiger partial charge on any atom is 0.226 e. The van der Waals surface area contributed by atoms with Crippen molar-refractivity contribution >= 4 is 17.5 Å². The molecule has 1 aromatic rings. The summed E-state index contributed by atoms with van der Waals surface area (Å²) >= 11 is 0. The Morgan fingerprint density at radius 3 is 2.54 bits per heavy atom. The molecule has 2 rings (SSSR count). The molecular formula is C23H34N2O3. The molecule has 1 saturated heterocycles. The molecule has 1 aromatic carbocycles. The zero-order chi connectivity index (χ0) is 20.5. The number of nitrogens with one attached hydrogen (secondary N) is 1. The van der Waals surface area contributed by atoms with Gasteiger partial charge in [-0.1, -0.05) is 36.8 Å². The molecule has 0 radical (unpaired) electrons. The molecule has 28 heavy (non-hydrogen) atoms. The quantitative estimate of drug-likeness (QED) is 0.671. The van der Waals surface area contributed by atoms with Crippen molar-refractivity contribution in [2.24, 2.45) is 5.92 Å². The van der Waals surface area contributed by atoms with Gasteiger partial charge in [0, 0.05) is 25.3 Å². The van der Waals surface area contributed by atoms with E-state index < -0.39 is 6.04 Å². The lowest BCUT2D eigenvalue weighted by atomic mass is 9.93. The Labute approximate surface area is 168 Å². The molecule has 3 atom stereocenters. The Hall–Kier alpha value is -2.01. The summed E-state index contributed by atoms with van der Waals surface area (Å²) < 4.78 is 0. The first-order valence-electron chi connectivity index (χ1n) is 10.5. The summed E-state index contributed by atoms with van der Waals surface area (Å²) in [5.74, 6) is -0.159. The van der Waals surface area contributed by atoms with E-state index >= 15 is 0 Å². The van der Waals surface area contributed by atoms with Crippen LogP contribution in [0.25, 0.3) is 0 Å². The van der Waals surface area contributed by atoms with Crippen molar-refractivity contribution < 1.29 is 14.4 Å². The van der Waals surface area contributed by atoms with E-state index in [1.807, 2.05) is 32.0 Å². The second kappa shape index (κ2) is 11.1.